The van der Waals surface area contributed by atoms with Crippen LogP contribution < -0.4 is 11.2 Å². The van der Waals surface area contributed by atoms with Gasteiger partial charge in [0.05, 0.1) is 5.70 Å². The second kappa shape index (κ2) is 23.7. The van der Waals surface area contributed by atoms with Crippen molar-refractivity contribution in [3.8, 4) is 12.3 Å². The average molecular weight is 563 g/mol. The van der Waals surface area contributed by atoms with Gasteiger partial charge in [0.1, 0.15) is 11.5 Å². The number of aliphatic imine (C=N–C) groups is 1. The fourth-order valence-electron chi connectivity index (χ4n) is 3.50. The minimum Gasteiger partial charge on any atom is -0.481 e. The normalized spacial score (nSPS) is 12.8. The first-order valence-corrected chi connectivity index (χ1v) is 13.8. The van der Waals surface area contributed by atoms with Gasteiger partial charge < -0.3 is 10.4 Å². The number of rotatable bonds is 13. The summed E-state index contributed by atoms with van der Waals surface area (Å²) in [5.41, 5.74) is 5.30. The molecule has 0 fully saturated rings. The molecule has 0 aliphatic carbocycles. The Morgan fingerprint density at radius 3 is 2.22 bits per heavy atom. The molecule has 0 heterocycles. The number of nitrogens with zero attached hydrogens (tertiary/aromatic N) is 3. The highest BCUT2D eigenvalue weighted by molar-refractivity contribution is 6.39. The predicted molar refractivity (Wildman–Crippen MR) is 176 cm³/mol. The van der Waals surface area contributed by atoms with Crippen molar-refractivity contribution < 1.29 is 14.5 Å². The molecule has 7 heteroatoms. The minimum absolute atomic E-state index is 0.129. The average Bonchev–Trinajstić information content (AvgIpc) is 2.92. The third-order valence-corrected chi connectivity index (χ3v) is 5.34. The zero-order valence-corrected chi connectivity index (χ0v) is 26.6. The highest BCUT2D eigenvalue weighted by atomic mass is 16.4. The molecule has 0 aliphatic rings. The molecule has 0 saturated heterocycles. The maximum Gasteiger partial charge on any atom is 0.300 e. The summed E-state index contributed by atoms with van der Waals surface area (Å²) in [6.07, 6.45) is 17.7. The Balaban J connectivity index is 0. The first-order chi connectivity index (χ1) is 19.4. The molecule has 4 N–H and O–H groups in total. The second-order valence-corrected chi connectivity index (χ2v) is 9.16. The number of nitrogens with two attached hydrogens (primary N) is 1. The van der Waals surface area contributed by atoms with Crippen molar-refractivity contribution in [3.63, 3.8) is 0 Å². The molecule has 0 aliphatic heterocycles. The summed E-state index contributed by atoms with van der Waals surface area (Å²) in [5.74, 6) is 8.68. The smallest absolute Gasteiger partial charge is 0.300 e. The van der Waals surface area contributed by atoms with Crippen LogP contribution in [0.15, 0.2) is 95.6 Å². The van der Waals surface area contributed by atoms with Crippen molar-refractivity contribution in [1.82, 2.24) is 10.3 Å². The molecular weight excluding hydrogens is 510 g/mol. The van der Waals surface area contributed by atoms with Gasteiger partial charge in [-0.15, -0.1) is 12.3 Å². The number of hydrogen-bond acceptors (Lipinski definition) is 5. The van der Waals surface area contributed by atoms with Crippen LogP contribution in [0.1, 0.15) is 74.3 Å². The molecule has 224 valence electrons. The molecule has 0 aromatic heterocycles. The van der Waals surface area contributed by atoms with Crippen LogP contribution in [0, 0.1) is 12.3 Å². The lowest BCUT2D eigenvalue weighted by atomic mass is 10.1. The lowest BCUT2D eigenvalue weighted by Gasteiger charge is -2.28. The number of allylic oxidation sites excluding steroid dienone is 5. The Kier molecular flexibility index (Phi) is 22.6. The van der Waals surface area contributed by atoms with E-state index in [0.717, 1.165) is 48.4 Å². The fourth-order valence-corrected chi connectivity index (χ4v) is 3.50. The standard InChI is InChI=1S/C29H43N5.C3H4.C2H4O2/c1-9-13-17-26(11-3)22-33(20-10-2)28(12-4)24(7)32-25(8)29(34(30)23(5)6)31-21-27-18-15-14-16-19-27;1-3-2;1-2(3)4/h9-11,13-20,23H,3,12,21-22,30H2,1-2,4-8H3;1H,2H3;1H3,(H,3,4)/p+1/b13-9-,20-10-,26-17+;;. The van der Waals surface area contributed by atoms with E-state index in [-0.39, 0.29) is 6.04 Å². The van der Waals surface area contributed by atoms with Gasteiger partial charge in [-0.1, -0.05) is 68.1 Å². The van der Waals surface area contributed by atoms with Crippen molar-refractivity contribution in [1.29, 1.82) is 0 Å². The summed E-state index contributed by atoms with van der Waals surface area (Å²) in [6, 6.07) is 10.4. The van der Waals surface area contributed by atoms with Gasteiger partial charge in [0.25, 0.3) is 5.97 Å². The Bertz CT molecular complexity index is 1140. The topological polar surface area (TPSA) is 94.0 Å². The molecule has 0 amide bonds. The van der Waals surface area contributed by atoms with Crippen molar-refractivity contribution in [2.75, 3.05) is 6.54 Å². The van der Waals surface area contributed by atoms with Gasteiger partial charge in [0.2, 0.25) is 5.71 Å². The number of nitrogens with one attached hydrogen (secondary N) is 1. The van der Waals surface area contributed by atoms with Crippen LogP contribution in [0.5, 0.6) is 0 Å². The first kappa shape index (κ1) is 39.0. The Labute approximate surface area is 249 Å². The molecule has 1 aromatic carbocycles. The number of hydrogen-bond donors (Lipinski definition) is 3. The Hall–Kier alpha value is -4.15. The number of carbonyl (C=O) groups is 1. The summed E-state index contributed by atoms with van der Waals surface area (Å²) in [6.45, 7) is 22.5. The third kappa shape index (κ3) is 17.9. The molecule has 0 saturated carbocycles. The van der Waals surface area contributed by atoms with Crippen molar-refractivity contribution >= 4 is 17.4 Å². The highest BCUT2D eigenvalue weighted by Gasteiger charge is 2.18. The van der Waals surface area contributed by atoms with Gasteiger partial charge in [-0.05, 0) is 60.1 Å². The van der Waals surface area contributed by atoms with Crippen LogP contribution >= 0.6 is 0 Å². The van der Waals surface area contributed by atoms with Crippen molar-refractivity contribution in [3.05, 3.63) is 96.1 Å². The van der Waals surface area contributed by atoms with E-state index in [4.69, 9.17) is 20.7 Å². The van der Waals surface area contributed by atoms with Crippen LogP contribution in [-0.4, -0.2) is 44.7 Å². The highest BCUT2D eigenvalue weighted by Crippen LogP contribution is 2.12. The van der Waals surface area contributed by atoms with E-state index < -0.39 is 5.97 Å². The molecule has 0 atom stereocenters. The van der Waals surface area contributed by atoms with E-state index >= 15 is 0 Å². The van der Waals surface area contributed by atoms with E-state index in [1.807, 2.05) is 57.2 Å². The number of terminal acetylenes is 1. The van der Waals surface area contributed by atoms with Gasteiger partial charge in [-0.2, -0.15) is 4.58 Å². The Morgan fingerprint density at radius 2 is 1.78 bits per heavy atom. The molecule has 0 spiro atoms. The van der Waals surface area contributed by atoms with Gasteiger partial charge in [0.15, 0.2) is 12.7 Å². The van der Waals surface area contributed by atoms with Crippen molar-refractivity contribution in [2.45, 2.75) is 81.3 Å². The summed E-state index contributed by atoms with van der Waals surface area (Å²) in [5, 5.41) is 12.7. The number of hydrazine groups is 1. The summed E-state index contributed by atoms with van der Waals surface area (Å²) in [7, 11) is 0. The maximum atomic E-state index is 9.00. The molecule has 0 unspecified atom stereocenters. The zero-order valence-electron chi connectivity index (χ0n) is 26.6. The number of carboxylic acids is 1. The molecule has 1 rings (SSSR count). The van der Waals surface area contributed by atoms with Crippen LogP contribution in [0.2, 0.25) is 0 Å². The maximum absolute atomic E-state index is 9.00. The summed E-state index contributed by atoms with van der Waals surface area (Å²) < 4.78 is 2.24. The summed E-state index contributed by atoms with van der Waals surface area (Å²) in [4.78, 5) is 14.0. The lowest BCUT2D eigenvalue weighted by Crippen LogP contribution is -2.42. The molecule has 1 aromatic rings. The molecule has 7 nitrogen and oxygen atoms in total. The SMILES string of the molecule is C#CC.C=C/C(=C\C=C/C)C[N+](/C=C\C)=C(CC)C(C)=N/C(C)=C(\NCc1ccccc1)N(N)C(C)C.CC(=O)O. The molecule has 0 radical (unpaired) electrons. The monoisotopic (exact) mass is 562 g/mol. The second-order valence-electron chi connectivity index (χ2n) is 9.16. The Morgan fingerprint density at radius 1 is 1.22 bits per heavy atom. The predicted octanol–water partition coefficient (Wildman–Crippen LogP) is 6.83. The summed E-state index contributed by atoms with van der Waals surface area (Å²) >= 11 is 0. The van der Waals surface area contributed by atoms with E-state index in [2.05, 4.69) is 87.0 Å². The molecular formula is C34H52N5O2+. The third-order valence-electron chi connectivity index (χ3n) is 5.34. The fraction of sp³-hybridized carbons (Fsp3) is 0.382. The molecule has 0 bridgehead atoms. The first-order valence-electron chi connectivity index (χ1n) is 13.8. The number of aliphatic carboxylic acids is 1. The van der Waals surface area contributed by atoms with Gasteiger partial charge in [-0.25, -0.2) is 10.8 Å². The quantitative estimate of drug-likeness (QED) is 0.0612. The van der Waals surface area contributed by atoms with Gasteiger partial charge in [-0.3, -0.25) is 9.80 Å². The van der Waals surface area contributed by atoms with E-state index in [9.17, 15) is 0 Å². The van der Waals surface area contributed by atoms with Crippen LogP contribution in [-0.2, 0) is 11.3 Å². The van der Waals surface area contributed by atoms with Crippen LogP contribution in [0.4, 0.5) is 0 Å². The van der Waals surface area contributed by atoms with E-state index in [0.29, 0.717) is 6.54 Å². The van der Waals surface area contributed by atoms with Gasteiger partial charge >= 0.3 is 0 Å². The lowest BCUT2D eigenvalue weighted by molar-refractivity contribution is -0.446. The van der Waals surface area contributed by atoms with Crippen LogP contribution in [0.25, 0.3) is 0 Å². The number of benzene rings is 1. The van der Waals surface area contributed by atoms with Crippen LogP contribution in [0.3, 0.4) is 0 Å². The number of carboxylic acid groups (broad SMARTS) is 1. The van der Waals surface area contributed by atoms with Gasteiger partial charge in [0, 0.05) is 31.5 Å². The molecule has 41 heavy (non-hydrogen) atoms. The zero-order chi connectivity index (χ0) is 31.8. The van der Waals surface area contributed by atoms with Crippen molar-refractivity contribution in [2.24, 2.45) is 10.8 Å². The van der Waals surface area contributed by atoms with E-state index in [1.54, 1.807) is 11.9 Å². The van der Waals surface area contributed by atoms with E-state index in [1.165, 1.54) is 5.56 Å². The minimum atomic E-state index is -0.833. The largest absolute Gasteiger partial charge is 0.481 e.